The second kappa shape index (κ2) is 6.71. The van der Waals surface area contributed by atoms with Crippen molar-refractivity contribution >= 4 is 5.69 Å². The average molecular weight is 312 g/mol. The standard InChI is InChI=1S/C20H25FN2/c1-4-15(3)23-14-16-10-6-9-13-19(16)22(5-2)20(23)17-11-7-8-12-18(17)21/h6-13,15,20H,4-5,14H2,1-3H3/t15-,20+/m1/s1. The smallest absolute Gasteiger partial charge is 0.129 e. The molecule has 3 rings (SSSR count). The summed E-state index contributed by atoms with van der Waals surface area (Å²) in [5.41, 5.74) is 3.31. The molecule has 1 heterocycles. The Morgan fingerprint density at radius 1 is 1.09 bits per heavy atom. The number of fused-ring (bicyclic) bond motifs is 1. The van der Waals surface area contributed by atoms with Crippen molar-refractivity contribution in [3.05, 3.63) is 65.5 Å². The van der Waals surface area contributed by atoms with Gasteiger partial charge in [0.15, 0.2) is 0 Å². The maximum Gasteiger partial charge on any atom is 0.129 e. The van der Waals surface area contributed by atoms with Crippen LogP contribution in [0.2, 0.25) is 0 Å². The van der Waals surface area contributed by atoms with Crippen LogP contribution in [-0.4, -0.2) is 17.5 Å². The van der Waals surface area contributed by atoms with Crippen LogP contribution in [0.25, 0.3) is 0 Å². The summed E-state index contributed by atoms with van der Waals surface area (Å²) in [6.45, 7) is 8.28. The number of rotatable bonds is 4. The van der Waals surface area contributed by atoms with E-state index in [1.807, 2.05) is 12.1 Å². The molecule has 2 atom stereocenters. The lowest BCUT2D eigenvalue weighted by atomic mass is 9.99. The molecule has 2 aromatic carbocycles. The molecule has 0 unspecified atom stereocenters. The zero-order valence-corrected chi connectivity index (χ0v) is 14.2. The first-order valence-corrected chi connectivity index (χ1v) is 8.52. The van der Waals surface area contributed by atoms with Gasteiger partial charge in [-0.3, -0.25) is 4.90 Å². The van der Waals surface area contributed by atoms with E-state index in [0.29, 0.717) is 6.04 Å². The van der Waals surface area contributed by atoms with Crippen LogP contribution in [0, 0.1) is 5.82 Å². The molecular weight excluding hydrogens is 287 g/mol. The van der Waals surface area contributed by atoms with Gasteiger partial charge in [0.05, 0.1) is 0 Å². The zero-order valence-electron chi connectivity index (χ0n) is 14.2. The maximum atomic E-state index is 14.5. The predicted octanol–water partition coefficient (Wildman–Crippen LogP) is 4.96. The summed E-state index contributed by atoms with van der Waals surface area (Å²) in [6, 6.07) is 16.1. The fourth-order valence-corrected chi connectivity index (χ4v) is 3.52. The molecule has 122 valence electrons. The highest BCUT2D eigenvalue weighted by Gasteiger charge is 2.35. The van der Waals surface area contributed by atoms with Gasteiger partial charge < -0.3 is 4.90 Å². The van der Waals surface area contributed by atoms with Crippen LogP contribution in [0.15, 0.2) is 48.5 Å². The van der Waals surface area contributed by atoms with Gasteiger partial charge in [0, 0.05) is 30.4 Å². The summed E-state index contributed by atoms with van der Waals surface area (Å²) in [5.74, 6) is -0.122. The topological polar surface area (TPSA) is 6.48 Å². The first-order valence-electron chi connectivity index (χ1n) is 8.52. The zero-order chi connectivity index (χ0) is 16.4. The molecule has 2 nitrogen and oxygen atoms in total. The fraction of sp³-hybridized carbons (Fsp3) is 0.400. The van der Waals surface area contributed by atoms with E-state index in [2.05, 4.69) is 54.8 Å². The first kappa shape index (κ1) is 16.0. The van der Waals surface area contributed by atoms with Crippen LogP contribution < -0.4 is 4.90 Å². The van der Waals surface area contributed by atoms with Crippen LogP contribution in [-0.2, 0) is 6.54 Å². The Kier molecular flexibility index (Phi) is 4.67. The Labute approximate surface area is 138 Å². The molecule has 0 fully saturated rings. The van der Waals surface area contributed by atoms with Gasteiger partial charge in [0.2, 0.25) is 0 Å². The van der Waals surface area contributed by atoms with Crippen molar-refractivity contribution in [2.75, 3.05) is 11.4 Å². The quantitative estimate of drug-likeness (QED) is 0.787. The molecule has 23 heavy (non-hydrogen) atoms. The molecule has 0 aromatic heterocycles. The number of anilines is 1. The van der Waals surface area contributed by atoms with Crippen LogP contribution in [0.1, 0.15) is 44.5 Å². The Bertz CT molecular complexity index is 670. The Morgan fingerprint density at radius 2 is 1.78 bits per heavy atom. The normalized spacial score (nSPS) is 19.5. The van der Waals surface area contributed by atoms with Crippen molar-refractivity contribution < 1.29 is 4.39 Å². The van der Waals surface area contributed by atoms with Crippen LogP contribution >= 0.6 is 0 Å². The van der Waals surface area contributed by atoms with Crippen molar-refractivity contribution in [2.45, 2.75) is 45.9 Å². The number of para-hydroxylation sites is 1. The van der Waals surface area contributed by atoms with Crippen molar-refractivity contribution in [3.63, 3.8) is 0 Å². The molecule has 3 heteroatoms. The number of hydrogen-bond donors (Lipinski definition) is 0. The van der Waals surface area contributed by atoms with E-state index in [1.165, 1.54) is 11.3 Å². The summed E-state index contributed by atoms with van der Waals surface area (Å²) in [5, 5.41) is 0. The summed E-state index contributed by atoms with van der Waals surface area (Å²) >= 11 is 0. The molecule has 0 saturated carbocycles. The lowest BCUT2D eigenvalue weighted by Crippen LogP contribution is -2.49. The molecular formula is C20H25FN2. The molecule has 1 aliphatic rings. The van der Waals surface area contributed by atoms with E-state index in [1.54, 1.807) is 12.1 Å². The number of nitrogens with zero attached hydrogens (tertiary/aromatic N) is 2. The molecule has 0 bridgehead atoms. The summed E-state index contributed by atoms with van der Waals surface area (Å²) in [6.07, 6.45) is 0.996. The summed E-state index contributed by atoms with van der Waals surface area (Å²) in [7, 11) is 0. The van der Waals surface area contributed by atoms with Gasteiger partial charge >= 0.3 is 0 Å². The van der Waals surface area contributed by atoms with Crippen LogP contribution in [0.5, 0.6) is 0 Å². The van der Waals surface area contributed by atoms with Crippen LogP contribution in [0.4, 0.5) is 10.1 Å². The van der Waals surface area contributed by atoms with Gasteiger partial charge in [-0.05, 0) is 38.0 Å². The van der Waals surface area contributed by atoms with Gasteiger partial charge in [-0.15, -0.1) is 0 Å². The van der Waals surface area contributed by atoms with Crippen molar-refractivity contribution in [2.24, 2.45) is 0 Å². The van der Waals surface area contributed by atoms with Crippen molar-refractivity contribution in [1.29, 1.82) is 0 Å². The number of halogens is 1. The average Bonchev–Trinajstić information content (AvgIpc) is 2.60. The minimum atomic E-state index is -0.122. The Morgan fingerprint density at radius 3 is 2.48 bits per heavy atom. The van der Waals surface area contributed by atoms with E-state index >= 15 is 0 Å². The maximum absolute atomic E-state index is 14.5. The second-order valence-electron chi connectivity index (χ2n) is 6.24. The first-order chi connectivity index (χ1) is 11.2. The lowest BCUT2D eigenvalue weighted by Gasteiger charge is -2.48. The SMILES string of the molecule is CC[C@@H](C)N1Cc2ccccc2N(CC)[C@@H]1c1ccccc1F. The van der Waals surface area contributed by atoms with E-state index in [9.17, 15) is 4.39 Å². The fourth-order valence-electron chi connectivity index (χ4n) is 3.52. The van der Waals surface area contributed by atoms with E-state index in [4.69, 9.17) is 0 Å². The van der Waals surface area contributed by atoms with E-state index in [-0.39, 0.29) is 12.0 Å². The van der Waals surface area contributed by atoms with Crippen LogP contribution in [0.3, 0.4) is 0 Å². The third-order valence-corrected chi connectivity index (χ3v) is 4.94. The van der Waals surface area contributed by atoms with Gasteiger partial charge in [-0.1, -0.05) is 43.3 Å². The Hall–Kier alpha value is -1.87. The number of benzene rings is 2. The molecule has 0 spiro atoms. The van der Waals surface area contributed by atoms with Gasteiger partial charge in [0.25, 0.3) is 0 Å². The largest absolute Gasteiger partial charge is 0.352 e. The second-order valence-corrected chi connectivity index (χ2v) is 6.24. The van der Waals surface area contributed by atoms with Gasteiger partial charge in [-0.2, -0.15) is 0 Å². The molecule has 0 aliphatic carbocycles. The molecule has 0 N–H and O–H groups in total. The molecule has 0 radical (unpaired) electrons. The summed E-state index contributed by atoms with van der Waals surface area (Å²) < 4.78 is 14.5. The molecule has 1 aliphatic heterocycles. The third-order valence-electron chi connectivity index (χ3n) is 4.94. The monoisotopic (exact) mass is 312 g/mol. The summed E-state index contributed by atoms with van der Waals surface area (Å²) in [4.78, 5) is 4.74. The predicted molar refractivity (Wildman–Crippen MR) is 93.9 cm³/mol. The lowest BCUT2D eigenvalue weighted by molar-refractivity contribution is 0.114. The van der Waals surface area contributed by atoms with E-state index < -0.39 is 0 Å². The van der Waals surface area contributed by atoms with E-state index in [0.717, 1.165) is 25.1 Å². The Balaban J connectivity index is 2.14. The minimum absolute atomic E-state index is 0.0500. The van der Waals surface area contributed by atoms with Crippen molar-refractivity contribution in [1.82, 2.24) is 4.90 Å². The minimum Gasteiger partial charge on any atom is -0.352 e. The highest BCUT2D eigenvalue weighted by molar-refractivity contribution is 5.57. The van der Waals surface area contributed by atoms with Crippen molar-refractivity contribution in [3.8, 4) is 0 Å². The highest BCUT2D eigenvalue weighted by atomic mass is 19.1. The molecule has 2 aromatic rings. The highest BCUT2D eigenvalue weighted by Crippen LogP contribution is 2.40. The van der Waals surface area contributed by atoms with Gasteiger partial charge in [-0.25, -0.2) is 4.39 Å². The molecule has 0 saturated heterocycles. The van der Waals surface area contributed by atoms with Gasteiger partial charge in [0.1, 0.15) is 12.0 Å². The number of hydrogen-bond acceptors (Lipinski definition) is 2. The molecule has 0 amide bonds. The third kappa shape index (κ3) is 2.86.